The summed E-state index contributed by atoms with van der Waals surface area (Å²) in [5.74, 6) is 0.626. The van der Waals surface area contributed by atoms with Crippen molar-refractivity contribution in [2.45, 2.75) is 12.7 Å². The molecule has 1 amide bonds. The average Bonchev–Trinajstić information content (AvgIpc) is 2.93. The molecule has 130 valence electrons. The van der Waals surface area contributed by atoms with Crippen LogP contribution in [0.2, 0.25) is 0 Å². The number of alkyl halides is 3. The van der Waals surface area contributed by atoms with Gasteiger partial charge in [0.1, 0.15) is 18.1 Å². The average molecular weight is 405 g/mol. The number of benzene rings is 1. The fourth-order valence-corrected chi connectivity index (χ4v) is 2.32. The lowest BCUT2D eigenvalue weighted by molar-refractivity contribution is -0.139. The second kappa shape index (κ2) is 7.85. The number of carbonyl (C=O) groups is 1. The Hall–Kier alpha value is -1.80. The number of hydrogen-bond acceptors (Lipinski definition) is 3. The molecule has 2 aromatic rings. The van der Waals surface area contributed by atoms with Gasteiger partial charge in [-0.15, -0.1) is 0 Å². The monoisotopic (exact) mass is 404 g/mol. The number of halogens is 4. The van der Waals surface area contributed by atoms with Crippen molar-refractivity contribution >= 4 is 21.8 Å². The number of nitrogens with zero attached hydrogens (tertiary/aromatic N) is 1. The molecule has 0 fully saturated rings. The summed E-state index contributed by atoms with van der Waals surface area (Å²) in [5, 5.41) is 1.83. The van der Waals surface area contributed by atoms with Crippen molar-refractivity contribution < 1.29 is 22.4 Å². The van der Waals surface area contributed by atoms with Gasteiger partial charge in [0.15, 0.2) is 0 Å². The van der Waals surface area contributed by atoms with E-state index in [4.69, 9.17) is 4.42 Å². The summed E-state index contributed by atoms with van der Waals surface area (Å²) in [4.78, 5) is 13.0. The Kier molecular flexibility index (Phi) is 6.06. The molecule has 1 aromatic heterocycles. The highest BCUT2D eigenvalue weighted by molar-refractivity contribution is 9.10. The lowest BCUT2D eigenvalue weighted by Crippen LogP contribution is -2.39. The highest BCUT2D eigenvalue weighted by Gasteiger charge is 2.27. The predicted molar refractivity (Wildman–Crippen MR) is 87.2 cm³/mol. The van der Waals surface area contributed by atoms with Crippen LogP contribution in [-0.4, -0.2) is 37.1 Å². The van der Waals surface area contributed by atoms with E-state index in [0.29, 0.717) is 18.1 Å². The zero-order valence-electron chi connectivity index (χ0n) is 12.9. The first-order valence-electron chi connectivity index (χ1n) is 7.09. The quantitative estimate of drug-likeness (QED) is 0.795. The molecule has 0 saturated carbocycles. The van der Waals surface area contributed by atoms with Gasteiger partial charge >= 0.3 is 6.18 Å². The molecule has 2 rings (SSSR count). The van der Waals surface area contributed by atoms with Crippen LogP contribution in [0.15, 0.2) is 45.3 Å². The van der Waals surface area contributed by atoms with E-state index in [0.717, 1.165) is 10.0 Å². The van der Waals surface area contributed by atoms with Gasteiger partial charge in [0.2, 0.25) is 5.91 Å². The Bertz CT molecular complexity index is 683. The fourth-order valence-electron chi connectivity index (χ4n) is 2.05. The maximum Gasteiger partial charge on any atom is 0.405 e. The standard InChI is InChI=1S/C16H16BrF3N2O2/c1-22(9-15(23)21-10-16(18,19)20)8-13-6-7-14(24-13)11-2-4-12(17)5-3-11/h2-7H,8-10H2,1H3,(H,21,23). The van der Waals surface area contributed by atoms with Crippen molar-refractivity contribution in [2.24, 2.45) is 0 Å². The van der Waals surface area contributed by atoms with Gasteiger partial charge in [-0.1, -0.05) is 28.1 Å². The second-order valence-corrected chi connectivity index (χ2v) is 6.25. The summed E-state index contributed by atoms with van der Waals surface area (Å²) >= 11 is 3.36. The minimum absolute atomic E-state index is 0.148. The third-order valence-corrected chi connectivity index (χ3v) is 3.64. The highest BCUT2D eigenvalue weighted by atomic mass is 79.9. The summed E-state index contributed by atoms with van der Waals surface area (Å²) in [6, 6.07) is 11.2. The van der Waals surface area contributed by atoms with Crippen LogP contribution in [-0.2, 0) is 11.3 Å². The van der Waals surface area contributed by atoms with Crippen molar-refractivity contribution in [3.05, 3.63) is 46.6 Å². The van der Waals surface area contributed by atoms with Gasteiger partial charge < -0.3 is 9.73 Å². The molecule has 0 aliphatic heterocycles. The molecule has 0 bridgehead atoms. The van der Waals surface area contributed by atoms with Crippen LogP contribution in [0.1, 0.15) is 5.76 Å². The first kappa shape index (κ1) is 18.5. The Morgan fingerprint density at radius 1 is 1.21 bits per heavy atom. The molecule has 0 radical (unpaired) electrons. The van der Waals surface area contributed by atoms with E-state index in [9.17, 15) is 18.0 Å². The van der Waals surface area contributed by atoms with Crippen LogP contribution in [0.3, 0.4) is 0 Å². The number of hydrogen-bond donors (Lipinski definition) is 1. The zero-order valence-corrected chi connectivity index (χ0v) is 14.4. The number of likely N-dealkylation sites (N-methyl/N-ethyl adjacent to an activating group) is 1. The van der Waals surface area contributed by atoms with Crippen LogP contribution in [0.4, 0.5) is 13.2 Å². The summed E-state index contributed by atoms with van der Waals surface area (Å²) < 4.78 is 42.8. The van der Waals surface area contributed by atoms with E-state index in [2.05, 4.69) is 15.9 Å². The first-order chi connectivity index (χ1) is 11.2. The van der Waals surface area contributed by atoms with Gasteiger partial charge in [0.25, 0.3) is 0 Å². The molecule has 0 saturated heterocycles. The topological polar surface area (TPSA) is 45.5 Å². The Morgan fingerprint density at radius 2 is 1.88 bits per heavy atom. The second-order valence-electron chi connectivity index (χ2n) is 5.34. The lowest BCUT2D eigenvalue weighted by Gasteiger charge is -2.15. The van der Waals surface area contributed by atoms with Crippen molar-refractivity contribution in [1.82, 2.24) is 10.2 Å². The molecular weight excluding hydrogens is 389 g/mol. The third kappa shape index (κ3) is 6.01. The molecule has 0 aliphatic carbocycles. The Balaban J connectivity index is 1.87. The first-order valence-corrected chi connectivity index (χ1v) is 7.89. The maximum absolute atomic E-state index is 12.0. The van der Waals surface area contributed by atoms with Gasteiger partial charge in [0, 0.05) is 10.0 Å². The summed E-state index contributed by atoms with van der Waals surface area (Å²) in [6.45, 7) is -1.16. The van der Waals surface area contributed by atoms with Gasteiger partial charge in [-0.05, 0) is 31.3 Å². The third-order valence-electron chi connectivity index (χ3n) is 3.12. The minimum Gasteiger partial charge on any atom is -0.460 e. The van der Waals surface area contributed by atoms with Crippen molar-refractivity contribution in [3.63, 3.8) is 0 Å². The van der Waals surface area contributed by atoms with Gasteiger partial charge in [-0.3, -0.25) is 9.69 Å². The maximum atomic E-state index is 12.0. The normalized spacial score (nSPS) is 11.8. The lowest BCUT2D eigenvalue weighted by atomic mass is 10.2. The number of carbonyl (C=O) groups excluding carboxylic acids is 1. The molecule has 0 atom stereocenters. The number of rotatable bonds is 6. The Morgan fingerprint density at radius 3 is 2.50 bits per heavy atom. The largest absolute Gasteiger partial charge is 0.460 e. The van der Waals surface area contributed by atoms with Crippen LogP contribution in [0, 0.1) is 0 Å². The van der Waals surface area contributed by atoms with Crippen molar-refractivity contribution in [1.29, 1.82) is 0 Å². The molecule has 1 N–H and O–H groups in total. The fraction of sp³-hybridized carbons (Fsp3) is 0.312. The molecule has 0 unspecified atom stereocenters. The van der Waals surface area contributed by atoms with Crippen LogP contribution < -0.4 is 5.32 Å². The van der Waals surface area contributed by atoms with Gasteiger partial charge in [-0.2, -0.15) is 13.2 Å². The molecule has 0 spiro atoms. The minimum atomic E-state index is -4.41. The predicted octanol–water partition coefficient (Wildman–Crippen LogP) is 3.82. The van der Waals surface area contributed by atoms with Gasteiger partial charge in [0.05, 0.1) is 13.1 Å². The van der Waals surface area contributed by atoms with Crippen molar-refractivity contribution in [2.75, 3.05) is 20.1 Å². The van der Waals surface area contributed by atoms with E-state index < -0.39 is 18.6 Å². The van der Waals surface area contributed by atoms with E-state index in [-0.39, 0.29) is 6.54 Å². The number of amides is 1. The van der Waals surface area contributed by atoms with Gasteiger partial charge in [-0.25, -0.2) is 0 Å². The van der Waals surface area contributed by atoms with E-state index in [1.165, 1.54) is 0 Å². The molecule has 1 aromatic carbocycles. The number of nitrogens with one attached hydrogen (secondary N) is 1. The molecule has 8 heteroatoms. The van der Waals surface area contributed by atoms with Crippen LogP contribution in [0.25, 0.3) is 11.3 Å². The molecular formula is C16H16BrF3N2O2. The smallest absolute Gasteiger partial charge is 0.405 e. The van der Waals surface area contributed by atoms with Crippen LogP contribution in [0.5, 0.6) is 0 Å². The number of furan rings is 1. The van der Waals surface area contributed by atoms with Crippen LogP contribution >= 0.6 is 15.9 Å². The van der Waals surface area contributed by atoms with Crippen molar-refractivity contribution in [3.8, 4) is 11.3 Å². The SMILES string of the molecule is CN(CC(=O)NCC(F)(F)F)Cc1ccc(-c2ccc(Br)cc2)o1. The molecule has 0 aliphatic rings. The van der Waals surface area contributed by atoms with E-state index in [1.54, 1.807) is 18.0 Å². The molecule has 1 heterocycles. The molecule has 24 heavy (non-hydrogen) atoms. The molecule has 4 nitrogen and oxygen atoms in total. The van der Waals surface area contributed by atoms with E-state index >= 15 is 0 Å². The summed E-state index contributed by atoms with van der Waals surface area (Å²) in [7, 11) is 1.63. The van der Waals surface area contributed by atoms with E-state index in [1.807, 2.05) is 35.6 Å². The highest BCUT2D eigenvalue weighted by Crippen LogP contribution is 2.24. The zero-order chi connectivity index (χ0) is 17.7. The summed E-state index contributed by atoms with van der Waals surface area (Å²) in [5.41, 5.74) is 0.912. The summed E-state index contributed by atoms with van der Waals surface area (Å²) in [6.07, 6.45) is -4.41. The Labute approximate surface area is 145 Å².